The summed E-state index contributed by atoms with van der Waals surface area (Å²) >= 11 is 1.68. The lowest BCUT2D eigenvalue weighted by Crippen LogP contribution is -2.04. The van der Waals surface area contributed by atoms with Crippen LogP contribution in [0.4, 0.5) is 5.95 Å². The number of aromatic nitrogens is 5. The van der Waals surface area contributed by atoms with Gasteiger partial charge in [-0.1, -0.05) is 12.1 Å². The van der Waals surface area contributed by atoms with Gasteiger partial charge < -0.3 is 5.32 Å². The predicted octanol–water partition coefficient (Wildman–Crippen LogP) is 3.60. The lowest BCUT2D eigenvalue weighted by molar-refractivity contribution is 1.05. The summed E-state index contributed by atoms with van der Waals surface area (Å²) in [6.07, 6.45) is 5.31. The molecule has 0 saturated carbocycles. The van der Waals surface area contributed by atoms with Gasteiger partial charge in [-0.15, -0.1) is 11.3 Å². The summed E-state index contributed by atoms with van der Waals surface area (Å²) < 4.78 is 0. The lowest BCUT2D eigenvalue weighted by Gasteiger charge is -2.06. The molecule has 0 saturated heterocycles. The van der Waals surface area contributed by atoms with E-state index in [0.29, 0.717) is 12.5 Å². The minimum Gasteiger partial charge on any atom is -0.350 e. The van der Waals surface area contributed by atoms with E-state index < -0.39 is 0 Å². The average molecular weight is 334 g/mol. The summed E-state index contributed by atoms with van der Waals surface area (Å²) in [6, 6.07) is 11.7. The molecule has 7 heteroatoms. The molecule has 0 aliphatic rings. The summed E-state index contributed by atoms with van der Waals surface area (Å²) in [6.45, 7) is 0.593. The van der Waals surface area contributed by atoms with E-state index in [1.807, 2.05) is 41.9 Å². The molecule has 0 aliphatic carbocycles. The number of anilines is 1. The highest BCUT2D eigenvalue weighted by atomic mass is 32.1. The molecular formula is C17H14N6S. The van der Waals surface area contributed by atoms with Gasteiger partial charge in [-0.05, 0) is 29.6 Å². The van der Waals surface area contributed by atoms with Gasteiger partial charge in [-0.2, -0.15) is 5.10 Å². The molecule has 6 nitrogen and oxygen atoms in total. The number of pyridine rings is 1. The third-order valence-corrected chi connectivity index (χ3v) is 4.39. The van der Waals surface area contributed by atoms with Crippen molar-refractivity contribution < 1.29 is 0 Å². The Kier molecular flexibility index (Phi) is 3.99. The van der Waals surface area contributed by atoms with Gasteiger partial charge in [0.1, 0.15) is 0 Å². The van der Waals surface area contributed by atoms with Crippen LogP contribution in [-0.4, -0.2) is 25.1 Å². The van der Waals surface area contributed by atoms with Gasteiger partial charge in [-0.3, -0.25) is 10.1 Å². The largest absolute Gasteiger partial charge is 0.350 e. The second-order valence-electron chi connectivity index (χ2n) is 5.08. The molecule has 4 aromatic heterocycles. The first-order valence-electron chi connectivity index (χ1n) is 7.44. The number of rotatable bonds is 5. The Balaban J connectivity index is 1.52. The molecule has 0 unspecified atom stereocenters. The Bertz CT molecular complexity index is 917. The summed E-state index contributed by atoms with van der Waals surface area (Å²) in [5.41, 5.74) is 3.71. The Hall–Kier alpha value is -3.06. The van der Waals surface area contributed by atoms with Crippen molar-refractivity contribution in [1.29, 1.82) is 0 Å². The molecule has 24 heavy (non-hydrogen) atoms. The fourth-order valence-electron chi connectivity index (χ4n) is 2.35. The maximum Gasteiger partial charge on any atom is 0.223 e. The molecule has 4 rings (SSSR count). The van der Waals surface area contributed by atoms with Gasteiger partial charge in [0, 0.05) is 24.5 Å². The summed E-state index contributed by atoms with van der Waals surface area (Å²) in [7, 11) is 0. The fourth-order valence-corrected chi connectivity index (χ4v) is 3.11. The monoisotopic (exact) mass is 334 g/mol. The molecule has 0 spiro atoms. The highest BCUT2D eigenvalue weighted by Crippen LogP contribution is 2.26. The Labute approximate surface area is 142 Å². The van der Waals surface area contributed by atoms with Crippen LogP contribution in [0.15, 0.2) is 60.4 Å². The summed E-state index contributed by atoms with van der Waals surface area (Å²) in [4.78, 5) is 14.3. The number of hydrogen-bond acceptors (Lipinski definition) is 6. The molecule has 0 aromatic carbocycles. The molecule has 0 radical (unpaired) electrons. The van der Waals surface area contributed by atoms with Crippen LogP contribution in [0.1, 0.15) is 5.56 Å². The Morgan fingerprint density at radius 2 is 2.00 bits per heavy atom. The van der Waals surface area contributed by atoms with E-state index in [1.54, 1.807) is 23.7 Å². The number of hydrogen-bond donors (Lipinski definition) is 2. The minimum absolute atomic E-state index is 0.566. The van der Waals surface area contributed by atoms with Crippen LogP contribution >= 0.6 is 11.3 Å². The van der Waals surface area contributed by atoms with Crippen LogP contribution in [0, 0.1) is 0 Å². The van der Waals surface area contributed by atoms with Gasteiger partial charge in [0.25, 0.3) is 0 Å². The first kappa shape index (κ1) is 14.5. The Morgan fingerprint density at radius 1 is 1.00 bits per heavy atom. The zero-order valence-electron chi connectivity index (χ0n) is 12.7. The van der Waals surface area contributed by atoms with Crippen molar-refractivity contribution in [1.82, 2.24) is 25.1 Å². The smallest absolute Gasteiger partial charge is 0.223 e. The highest BCUT2D eigenvalue weighted by Gasteiger charge is 2.09. The first-order chi connectivity index (χ1) is 11.9. The van der Waals surface area contributed by atoms with Crippen LogP contribution in [0.2, 0.25) is 0 Å². The number of thiophene rings is 1. The van der Waals surface area contributed by atoms with Gasteiger partial charge in [0.2, 0.25) is 5.95 Å². The lowest BCUT2D eigenvalue weighted by atomic mass is 10.2. The summed E-state index contributed by atoms with van der Waals surface area (Å²) in [5.74, 6) is 0.566. The molecule has 0 bridgehead atoms. The molecule has 4 aromatic rings. The zero-order valence-corrected chi connectivity index (χ0v) is 13.5. The molecule has 4 heterocycles. The second-order valence-corrected chi connectivity index (χ2v) is 6.03. The van der Waals surface area contributed by atoms with Crippen LogP contribution in [0.5, 0.6) is 0 Å². The molecule has 118 valence electrons. The molecule has 0 aliphatic heterocycles. The second kappa shape index (κ2) is 6.59. The normalized spacial score (nSPS) is 10.7. The van der Waals surface area contributed by atoms with Crippen molar-refractivity contribution in [3.8, 4) is 22.0 Å². The molecule has 0 atom stereocenters. The van der Waals surface area contributed by atoms with E-state index in [0.717, 1.165) is 27.5 Å². The SMILES string of the molecule is c1ccc(-c2ccnc(NCc3cn[nH]c3-c3cccs3)n2)nc1. The van der Waals surface area contributed by atoms with Crippen LogP contribution in [0.3, 0.4) is 0 Å². The predicted molar refractivity (Wildman–Crippen MR) is 94.5 cm³/mol. The van der Waals surface area contributed by atoms with Crippen LogP contribution in [0.25, 0.3) is 22.0 Å². The standard InChI is InChI=1S/C17H14N6S/c1-2-7-18-13(4-1)14-6-8-19-17(22-14)20-10-12-11-21-23-16(12)15-5-3-9-24-15/h1-9,11H,10H2,(H,21,23)(H,19,20,22). The van der Waals surface area contributed by atoms with Crippen molar-refractivity contribution in [2.75, 3.05) is 5.32 Å². The van der Waals surface area contributed by atoms with E-state index in [2.05, 4.69) is 36.5 Å². The number of aromatic amines is 1. The topological polar surface area (TPSA) is 79.4 Å². The molecule has 2 N–H and O–H groups in total. The van der Waals surface area contributed by atoms with Gasteiger partial charge in [-0.25, -0.2) is 9.97 Å². The number of nitrogens with one attached hydrogen (secondary N) is 2. The van der Waals surface area contributed by atoms with E-state index >= 15 is 0 Å². The third-order valence-electron chi connectivity index (χ3n) is 3.51. The van der Waals surface area contributed by atoms with Gasteiger partial charge >= 0.3 is 0 Å². The molecule has 0 amide bonds. The van der Waals surface area contributed by atoms with Gasteiger partial charge in [0.05, 0.1) is 28.2 Å². The highest BCUT2D eigenvalue weighted by molar-refractivity contribution is 7.13. The van der Waals surface area contributed by atoms with E-state index in [4.69, 9.17) is 0 Å². The average Bonchev–Trinajstić information content (AvgIpc) is 3.32. The van der Waals surface area contributed by atoms with E-state index in [1.165, 1.54) is 0 Å². The molecular weight excluding hydrogens is 320 g/mol. The van der Waals surface area contributed by atoms with E-state index in [-0.39, 0.29) is 0 Å². The van der Waals surface area contributed by atoms with Crippen molar-refractivity contribution in [3.05, 3.63) is 65.9 Å². The number of nitrogens with zero attached hydrogens (tertiary/aromatic N) is 4. The quantitative estimate of drug-likeness (QED) is 0.583. The van der Waals surface area contributed by atoms with Crippen LogP contribution in [-0.2, 0) is 6.54 Å². The van der Waals surface area contributed by atoms with Crippen molar-refractivity contribution >= 4 is 17.3 Å². The van der Waals surface area contributed by atoms with E-state index in [9.17, 15) is 0 Å². The minimum atomic E-state index is 0.566. The Morgan fingerprint density at radius 3 is 2.83 bits per heavy atom. The molecule has 0 fully saturated rings. The van der Waals surface area contributed by atoms with Crippen molar-refractivity contribution in [2.24, 2.45) is 0 Å². The maximum absolute atomic E-state index is 4.52. The zero-order chi connectivity index (χ0) is 16.2. The first-order valence-corrected chi connectivity index (χ1v) is 8.32. The van der Waals surface area contributed by atoms with Crippen molar-refractivity contribution in [2.45, 2.75) is 6.54 Å². The fraction of sp³-hybridized carbons (Fsp3) is 0.0588. The van der Waals surface area contributed by atoms with Crippen LogP contribution < -0.4 is 5.32 Å². The maximum atomic E-state index is 4.52. The summed E-state index contributed by atoms with van der Waals surface area (Å²) in [5, 5.41) is 12.5. The van der Waals surface area contributed by atoms with Gasteiger partial charge in [0.15, 0.2) is 0 Å². The van der Waals surface area contributed by atoms with Crippen molar-refractivity contribution in [3.63, 3.8) is 0 Å². The number of H-pyrrole nitrogens is 1. The third kappa shape index (κ3) is 3.02.